The summed E-state index contributed by atoms with van der Waals surface area (Å²) >= 11 is 1.59. The van der Waals surface area contributed by atoms with Gasteiger partial charge in [0.15, 0.2) is 5.16 Å². The molecule has 1 aromatic heterocycles. The molecule has 1 atom stereocenters. The molecule has 2 aromatic rings. The molecule has 2 aliphatic rings. The number of thioether (sulfide) groups is 1. The lowest BCUT2D eigenvalue weighted by atomic mass is 9.90. The van der Waals surface area contributed by atoms with E-state index in [1.807, 2.05) is 17.9 Å². The molecule has 6 heteroatoms. The molecule has 0 spiro atoms. The van der Waals surface area contributed by atoms with E-state index in [4.69, 9.17) is 0 Å². The Morgan fingerprint density at radius 3 is 2.68 bits per heavy atom. The van der Waals surface area contributed by atoms with Crippen LogP contribution in [0, 0.1) is 5.92 Å². The fourth-order valence-corrected chi connectivity index (χ4v) is 5.36. The van der Waals surface area contributed by atoms with Crippen molar-refractivity contribution in [2.24, 2.45) is 5.92 Å². The number of aromatic nitrogens is 2. The number of piperidine rings is 1. The van der Waals surface area contributed by atoms with Crippen molar-refractivity contribution in [2.45, 2.75) is 50.2 Å². The second-order valence-corrected chi connectivity index (χ2v) is 8.76. The number of nitrogens with zero attached hydrogens (tertiary/aromatic N) is 3. The molecular formula is C22H27N3O2S. The molecule has 4 rings (SSSR count). The van der Waals surface area contributed by atoms with E-state index < -0.39 is 0 Å². The van der Waals surface area contributed by atoms with Crippen LogP contribution in [-0.4, -0.2) is 39.2 Å². The number of carbonyl (C=O) groups is 1. The average molecular weight is 398 g/mol. The molecule has 28 heavy (non-hydrogen) atoms. The van der Waals surface area contributed by atoms with E-state index in [9.17, 15) is 9.59 Å². The van der Waals surface area contributed by atoms with Gasteiger partial charge < -0.3 is 4.90 Å². The highest BCUT2D eigenvalue weighted by Crippen LogP contribution is 2.33. The third-order valence-electron chi connectivity index (χ3n) is 5.85. The van der Waals surface area contributed by atoms with Crippen molar-refractivity contribution in [1.82, 2.24) is 14.5 Å². The van der Waals surface area contributed by atoms with Gasteiger partial charge in [0.1, 0.15) is 0 Å². The maximum atomic E-state index is 12.8. The predicted octanol–water partition coefficient (Wildman–Crippen LogP) is 3.32. The van der Waals surface area contributed by atoms with Crippen LogP contribution < -0.4 is 5.56 Å². The van der Waals surface area contributed by atoms with Crippen molar-refractivity contribution < 1.29 is 4.79 Å². The number of benzene rings is 1. The topological polar surface area (TPSA) is 55.2 Å². The van der Waals surface area contributed by atoms with Gasteiger partial charge in [-0.1, -0.05) is 49.0 Å². The minimum Gasteiger partial charge on any atom is -0.343 e. The van der Waals surface area contributed by atoms with Crippen LogP contribution in [0.25, 0.3) is 0 Å². The Labute approximate surface area is 170 Å². The van der Waals surface area contributed by atoms with Gasteiger partial charge in [-0.2, -0.15) is 0 Å². The first-order chi connectivity index (χ1) is 13.6. The number of hydrogen-bond donors (Lipinski definition) is 0. The van der Waals surface area contributed by atoms with Crippen molar-refractivity contribution in [3.63, 3.8) is 0 Å². The van der Waals surface area contributed by atoms with Gasteiger partial charge in [0.25, 0.3) is 5.56 Å². The van der Waals surface area contributed by atoms with E-state index in [-0.39, 0.29) is 17.5 Å². The Morgan fingerprint density at radius 1 is 1.21 bits per heavy atom. The summed E-state index contributed by atoms with van der Waals surface area (Å²) in [5.41, 5.74) is 2.19. The molecule has 148 valence electrons. The van der Waals surface area contributed by atoms with Crippen LogP contribution in [0.2, 0.25) is 0 Å². The van der Waals surface area contributed by atoms with E-state index in [1.54, 1.807) is 22.4 Å². The van der Waals surface area contributed by atoms with Crippen molar-refractivity contribution in [1.29, 1.82) is 0 Å². The summed E-state index contributed by atoms with van der Waals surface area (Å²) in [4.78, 5) is 31.8. The smallest absolute Gasteiger partial charge is 0.254 e. The largest absolute Gasteiger partial charge is 0.343 e. The maximum Gasteiger partial charge on any atom is 0.254 e. The Hall–Kier alpha value is -2.08. The molecular weight excluding hydrogens is 370 g/mol. The van der Waals surface area contributed by atoms with Crippen LogP contribution in [0.5, 0.6) is 0 Å². The Balaban J connectivity index is 1.33. The summed E-state index contributed by atoms with van der Waals surface area (Å²) in [5, 5.41) is 0.767. The molecule has 0 N–H and O–H groups in total. The van der Waals surface area contributed by atoms with Crippen LogP contribution in [-0.2, 0) is 17.6 Å². The van der Waals surface area contributed by atoms with Crippen molar-refractivity contribution in [3.05, 3.63) is 58.0 Å². The standard InChI is InChI=1S/C22H27N3O2S/c1-2-18-13-21(27)25-19(15-28-22(25)23-18)14-20(26)24-10-8-17(9-11-24)12-16-6-4-3-5-7-16/h3-7,13,17,19H,2,8-12,14-15H2,1H3. The molecule has 1 aromatic carbocycles. The van der Waals surface area contributed by atoms with E-state index in [1.165, 1.54) is 5.56 Å². The summed E-state index contributed by atoms with van der Waals surface area (Å²) in [6.07, 6.45) is 4.36. The molecule has 1 saturated heterocycles. The number of aryl methyl sites for hydroxylation is 1. The summed E-state index contributed by atoms with van der Waals surface area (Å²) in [6, 6.07) is 12.1. The number of rotatable bonds is 5. The van der Waals surface area contributed by atoms with E-state index in [0.717, 1.165) is 55.4 Å². The highest BCUT2D eigenvalue weighted by molar-refractivity contribution is 7.99. The number of fused-ring (bicyclic) bond motifs is 1. The number of carbonyl (C=O) groups excluding carboxylic acids is 1. The second kappa shape index (κ2) is 8.52. The molecule has 0 saturated carbocycles. The van der Waals surface area contributed by atoms with Crippen molar-refractivity contribution in [2.75, 3.05) is 18.8 Å². The lowest BCUT2D eigenvalue weighted by Gasteiger charge is -2.33. The SMILES string of the molecule is CCc1cc(=O)n2c(n1)SCC2CC(=O)N1CCC(Cc2ccccc2)CC1. The van der Waals surface area contributed by atoms with Crippen LogP contribution in [0.4, 0.5) is 0 Å². The third kappa shape index (κ3) is 4.17. The lowest BCUT2D eigenvalue weighted by molar-refractivity contribution is -0.133. The lowest BCUT2D eigenvalue weighted by Crippen LogP contribution is -2.40. The molecule has 0 bridgehead atoms. The molecule has 5 nitrogen and oxygen atoms in total. The number of likely N-dealkylation sites (tertiary alicyclic amines) is 1. The minimum atomic E-state index is -0.0690. The fraction of sp³-hybridized carbons (Fsp3) is 0.500. The summed E-state index contributed by atoms with van der Waals surface area (Å²) in [6.45, 7) is 3.65. The first-order valence-corrected chi connectivity index (χ1v) is 11.2. The average Bonchev–Trinajstić information content (AvgIpc) is 3.12. The van der Waals surface area contributed by atoms with Gasteiger partial charge in [0, 0.05) is 37.0 Å². The third-order valence-corrected chi connectivity index (χ3v) is 6.95. The normalized spacial score (nSPS) is 19.6. The summed E-state index contributed by atoms with van der Waals surface area (Å²) in [5.74, 6) is 1.57. The molecule has 0 radical (unpaired) electrons. The monoisotopic (exact) mass is 397 g/mol. The van der Waals surface area contributed by atoms with E-state index in [2.05, 4.69) is 29.2 Å². The zero-order chi connectivity index (χ0) is 19.5. The molecule has 1 fully saturated rings. The zero-order valence-corrected chi connectivity index (χ0v) is 17.2. The predicted molar refractivity (Wildman–Crippen MR) is 112 cm³/mol. The first-order valence-electron chi connectivity index (χ1n) is 10.2. The number of hydrogen-bond acceptors (Lipinski definition) is 4. The van der Waals surface area contributed by atoms with Crippen LogP contribution >= 0.6 is 11.8 Å². The molecule has 2 aliphatic heterocycles. The minimum absolute atomic E-state index is 0.0220. The Morgan fingerprint density at radius 2 is 1.96 bits per heavy atom. The van der Waals surface area contributed by atoms with E-state index >= 15 is 0 Å². The van der Waals surface area contributed by atoms with Gasteiger partial charge in [-0.15, -0.1) is 0 Å². The molecule has 0 aliphatic carbocycles. The van der Waals surface area contributed by atoms with Gasteiger partial charge in [-0.3, -0.25) is 14.2 Å². The highest BCUT2D eigenvalue weighted by Gasteiger charge is 2.30. The molecule has 1 unspecified atom stereocenters. The Bertz CT molecular complexity index is 888. The van der Waals surface area contributed by atoms with Crippen LogP contribution in [0.3, 0.4) is 0 Å². The van der Waals surface area contributed by atoms with Gasteiger partial charge in [-0.05, 0) is 37.2 Å². The van der Waals surface area contributed by atoms with Crippen molar-refractivity contribution >= 4 is 17.7 Å². The summed E-state index contributed by atoms with van der Waals surface area (Å²) < 4.78 is 1.73. The molecule has 1 amide bonds. The number of amides is 1. The quantitative estimate of drug-likeness (QED) is 0.727. The highest BCUT2D eigenvalue weighted by atomic mass is 32.2. The maximum absolute atomic E-state index is 12.8. The van der Waals surface area contributed by atoms with Gasteiger partial charge in [0.2, 0.25) is 5.91 Å². The van der Waals surface area contributed by atoms with Gasteiger partial charge in [-0.25, -0.2) is 4.98 Å². The van der Waals surface area contributed by atoms with Crippen LogP contribution in [0.15, 0.2) is 46.3 Å². The zero-order valence-electron chi connectivity index (χ0n) is 16.3. The van der Waals surface area contributed by atoms with Crippen molar-refractivity contribution in [3.8, 4) is 0 Å². The molecule has 3 heterocycles. The fourth-order valence-electron chi connectivity index (χ4n) is 4.19. The van der Waals surface area contributed by atoms with Crippen LogP contribution in [0.1, 0.15) is 43.5 Å². The second-order valence-electron chi connectivity index (χ2n) is 7.77. The van der Waals surface area contributed by atoms with Gasteiger partial charge in [0.05, 0.1) is 6.04 Å². The first kappa shape index (κ1) is 19.2. The summed E-state index contributed by atoms with van der Waals surface area (Å²) in [7, 11) is 0. The van der Waals surface area contributed by atoms with E-state index in [0.29, 0.717) is 12.3 Å². The van der Waals surface area contributed by atoms with Gasteiger partial charge >= 0.3 is 0 Å². The Kier molecular flexibility index (Phi) is 5.85.